The van der Waals surface area contributed by atoms with Crippen LogP contribution in [0.3, 0.4) is 0 Å². The summed E-state index contributed by atoms with van der Waals surface area (Å²) in [4.78, 5) is 18.2. The predicted octanol–water partition coefficient (Wildman–Crippen LogP) is 2.58. The predicted molar refractivity (Wildman–Crippen MR) is 107 cm³/mol. The molecule has 3 heterocycles. The summed E-state index contributed by atoms with van der Waals surface area (Å²) in [6.07, 6.45) is 6.35. The fourth-order valence-electron chi connectivity index (χ4n) is 4.85. The van der Waals surface area contributed by atoms with Crippen molar-refractivity contribution in [2.45, 2.75) is 57.1 Å². The van der Waals surface area contributed by atoms with Gasteiger partial charge in [0.15, 0.2) is 5.60 Å². The first-order valence-electron chi connectivity index (χ1n) is 10.7. The molecule has 0 aliphatic carbocycles. The van der Waals surface area contributed by atoms with E-state index in [0.29, 0.717) is 6.04 Å². The zero-order valence-corrected chi connectivity index (χ0v) is 16.6. The van der Waals surface area contributed by atoms with Gasteiger partial charge in [-0.3, -0.25) is 4.79 Å². The molecular formula is C22H33N3O2. The van der Waals surface area contributed by atoms with Crippen LogP contribution in [-0.4, -0.2) is 66.6 Å². The molecule has 0 saturated carbocycles. The van der Waals surface area contributed by atoms with Gasteiger partial charge in [-0.05, 0) is 70.9 Å². The van der Waals surface area contributed by atoms with Crippen molar-refractivity contribution in [2.24, 2.45) is 0 Å². The number of rotatable bonds is 4. The molecule has 4 rings (SSSR count). The summed E-state index contributed by atoms with van der Waals surface area (Å²) in [6, 6.07) is 8.75. The molecule has 1 N–H and O–H groups in total. The zero-order chi connectivity index (χ0) is 18.7. The Morgan fingerprint density at radius 1 is 1.04 bits per heavy atom. The van der Waals surface area contributed by atoms with Crippen molar-refractivity contribution in [3.63, 3.8) is 0 Å². The van der Waals surface area contributed by atoms with Crippen molar-refractivity contribution < 1.29 is 9.53 Å². The average Bonchev–Trinajstić information content (AvgIpc) is 3.25. The lowest BCUT2D eigenvalue weighted by Crippen LogP contribution is -2.59. The van der Waals surface area contributed by atoms with E-state index in [1.807, 2.05) is 12.1 Å². The Hall–Kier alpha value is -1.59. The Bertz CT molecular complexity index is 625. The van der Waals surface area contributed by atoms with E-state index in [2.05, 4.69) is 34.2 Å². The molecule has 148 valence electrons. The number of nitrogens with one attached hydrogen (secondary N) is 1. The lowest BCUT2D eigenvalue weighted by molar-refractivity contribution is -0.152. The van der Waals surface area contributed by atoms with Gasteiger partial charge < -0.3 is 19.9 Å². The van der Waals surface area contributed by atoms with Crippen molar-refractivity contribution in [1.82, 2.24) is 15.1 Å². The molecule has 0 atom stereocenters. The highest BCUT2D eigenvalue weighted by Gasteiger charge is 2.45. The highest BCUT2D eigenvalue weighted by atomic mass is 16.5. The molecule has 5 heteroatoms. The number of nitrogens with zero attached hydrogens (tertiary/aromatic N) is 2. The van der Waals surface area contributed by atoms with Gasteiger partial charge in [-0.2, -0.15) is 0 Å². The Labute approximate surface area is 163 Å². The lowest BCUT2D eigenvalue weighted by atomic mass is 9.89. The van der Waals surface area contributed by atoms with Crippen molar-refractivity contribution >= 4 is 5.91 Å². The third-order valence-electron chi connectivity index (χ3n) is 6.54. The van der Waals surface area contributed by atoms with Crippen molar-refractivity contribution in [3.8, 4) is 5.75 Å². The molecule has 3 aliphatic heterocycles. The number of likely N-dealkylation sites (tertiary alicyclic amines) is 2. The normalized spacial score (nSPS) is 24.1. The van der Waals surface area contributed by atoms with Crippen LogP contribution in [0.25, 0.3) is 0 Å². The summed E-state index contributed by atoms with van der Waals surface area (Å²) in [5.74, 6) is 1.01. The zero-order valence-electron chi connectivity index (χ0n) is 16.6. The summed E-state index contributed by atoms with van der Waals surface area (Å²) in [5.41, 5.74) is 0.498. The molecule has 0 spiro atoms. The maximum atomic E-state index is 13.5. The maximum absolute atomic E-state index is 13.5. The van der Waals surface area contributed by atoms with Gasteiger partial charge in [0.05, 0.1) is 0 Å². The van der Waals surface area contributed by atoms with E-state index in [0.717, 1.165) is 57.6 Å². The van der Waals surface area contributed by atoms with Crippen LogP contribution in [0.4, 0.5) is 0 Å². The van der Waals surface area contributed by atoms with E-state index in [1.165, 1.54) is 31.5 Å². The second-order valence-corrected chi connectivity index (χ2v) is 8.43. The number of benzene rings is 1. The first-order chi connectivity index (χ1) is 13.2. The summed E-state index contributed by atoms with van der Waals surface area (Å²) >= 11 is 0. The summed E-state index contributed by atoms with van der Waals surface area (Å²) in [5, 5.41) is 3.38. The highest BCUT2D eigenvalue weighted by Crippen LogP contribution is 2.31. The van der Waals surface area contributed by atoms with Gasteiger partial charge >= 0.3 is 0 Å². The molecule has 1 aromatic rings. The molecular weight excluding hydrogens is 338 g/mol. The molecule has 27 heavy (non-hydrogen) atoms. The van der Waals surface area contributed by atoms with Gasteiger partial charge in [-0.1, -0.05) is 17.7 Å². The number of piperidine rings is 2. The van der Waals surface area contributed by atoms with Gasteiger partial charge in [0, 0.05) is 32.0 Å². The molecule has 3 saturated heterocycles. The molecule has 1 aromatic carbocycles. The quantitative estimate of drug-likeness (QED) is 0.884. The number of aryl methyl sites for hydroxylation is 1. The SMILES string of the molecule is Cc1ccc(OC2(C(=O)N3CCC(N4CCCC4)CC3)CCNCC2)cc1. The number of amides is 1. The molecule has 5 nitrogen and oxygen atoms in total. The van der Waals surface area contributed by atoms with Gasteiger partial charge in [0.1, 0.15) is 5.75 Å². The van der Waals surface area contributed by atoms with Gasteiger partial charge in [0.25, 0.3) is 5.91 Å². The van der Waals surface area contributed by atoms with Crippen LogP contribution in [-0.2, 0) is 4.79 Å². The number of ether oxygens (including phenoxy) is 1. The van der Waals surface area contributed by atoms with Gasteiger partial charge in [0.2, 0.25) is 0 Å². The third kappa shape index (κ3) is 4.14. The van der Waals surface area contributed by atoms with E-state index >= 15 is 0 Å². The molecule has 0 aromatic heterocycles. The summed E-state index contributed by atoms with van der Waals surface area (Å²) in [6.45, 7) is 7.96. The lowest BCUT2D eigenvalue weighted by Gasteiger charge is -2.43. The first-order valence-corrected chi connectivity index (χ1v) is 10.7. The summed E-state index contributed by atoms with van der Waals surface area (Å²) < 4.78 is 6.40. The minimum Gasteiger partial charge on any atom is -0.477 e. The molecule has 0 radical (unpaired) electrons. The number of carbonyl (C=O) groups is 1. The number of hydrogen-bond donors (Lipinski definition) is 1. The molecule has 3 aliphatic rings. The van der Waals surface area contributed by atoms with E-state index in [1.54, 1.807) is 0 Å². The largest absolute Gasteiger partial charge is 0.477 e. The molecule has 0 bridgehead atoms. The van der Waals surface area contributed by atoms with E-state index in [9.17, 15) is 4.79 Å². The number of hydrogen-bond acceptors (Lipinski definition) is 4. The Morgan fingerprint density at radius 3 is 2.30 bits per heavy atom. The Kier molecular flexibility index (Phi) is 5.69. The molecule has 0 unspecified atom stereocenters. The van der Waals surface area contributed by atoms with Crippen LogP contribution in [0.15, 0.2) is 24.3 Å². The van der Waals surface area contributed by atoms with E-state index < -0.39 is 5.60 Å². The van der Waals surface area contributed by atoms with Gasteiger partial charge in [-0.25, -0.2) is 0 Å². The van der Waals surface area contributed by atoms with Crippen LogP contribution >= 0.6 is 0 Å². The van der Waals surface area contributed by atoms with Crippen LogP contribution in [0.1, 0.15) is 44.1 Å². The summed E-state index contributed by atoms with van der Waals surface area (Å²) in [7, 11) is 0. The van der Waals surface area contributed by atoms with Crippen molar-refractivity contribution in [2.75, 3.05) is 39.3 Å². The molecule has 3 fully saturated rings. The smallest absolute Gasteiger partial charge is 0.266 e. The average molecular weight is 372 g/mol. The van der Waals surface area contributed by atoms with Crippen molar-refractivity contribution in [1.29, 1.82) is 0 Å². The number of carbonyl (C=O) groups excluding carboxylic acids is 1. The van der Waals surface area contributed by atoms with Crippen LogP contribution < -0.4 is 10.1 Å². The van der Waals surface area contributed by atoms with Gasteiger partial charge in [-0.15, -0.1) is 0 Å². The Balaban J connectivity index is 1.44. The van der Waals surface area contributed by atoms with E-state index in [-0.39, 0.29) is 5.91 Å². The minimum atomic E-state index is -0.707. The monoisotopic (exact) mass is 371 g/mol. The Morgan fingerprint density at radius 2 is 1.67 bits per heavy atom. The maximum Gasteiger partial charge on any atom is 0.266 e. The van der Waals surface area contributed by atoms with E-state index in [4.69, 9.17) is 4.74 Å². The standard InChI is InChI=1S/C22H33N3O2/c1-18-4-6-20(7-5-18)27-22(10-12-23-13-11-22)21(26)25-16-8-19(9-17-25)24-14-2-3-15-24/h4-7,19,23H,2-3,8-17H2,1H3. The third-order valence-corrected chi connectivity index (χ3v) is 6.54. The van der Waals surface area contributed by atoms with Crippen LogP contribution in [0.5, 0.6) is 5.75 Å². The van der Waals surface area contributed by atoms with Crippen LogP contribution in [0, 0.1) is 6.92 Å². The topological polar surface area (TPSA) is 44.8 Å². The fraction of sp³-hybridized carbons (Fsp3) is 0.682. The van der Waals surface area contributed by atoms with Crippen LogP contribution in [0.2, 0.25) is 0 Å². The highest BCUT2D eigenvalue weighted by molar-refractivity contribution is 5.86. The second-order valence-electron chi connectivity index (χ2n) is 8.43. The first kappa shape index (κ1) is 18.8. The molecule has 1 amide bonds. The fourth-order valence-corrected chi connectivity index (χ4v) is 4.85. The second kappa shape index (κ2) is 8.19. The minimum absolute atomic E-state index is 0.199. The van der Waals surface area contributed by atoms with Crippen molar-refractivity contribution in [3.05, 3.63) is 29.8 Å².